The summed E-state index contributed by atoms with van der Waals surface area (Å²) in [7, 11) is 1.46. The molecule has 2 aromatic rings. The average Bonchev–Trinajstić information content (AvgIpc) is 2.74. The van der Waals surface area contributed by atoms with E-state index < -0.39 is 5.97 Å². The largest absolute Gasteiger partial charge is 0.496 e. The second-order valence-electron chi connectivity index (χ2n) is 3.97. The molecule has 5 nitrogen and oxygen atoms in total. The molecule has 0 fully saturated rings. The number of carbonyl (C=O) groups is 1. The molecule has 18 heavy (non-hydrogen) atoms. The van der Waals surface area contributed by atoms with Crippen LogP contribution in [-0.4, -0.2) is 28.0 Å². The minimum atomic E-state index is -0.992. The summed E-state index contributed by atoms with van der Waals surface area (Å²) < 4.78 is 6.93. The van der Waals surface area contributed by atoms with Crippen molar-refractivity contribution in [2.75, 3.05) is 7.11 Å². The summed E-state index contributed by atoms with van der Waals surface area (Å²) in [6.07, 6.45) is 1.73. The van der Waals surface area contributed by atoms with Crippen molar-refractivity contribution in [1.82, 2.24) is 9.78 Å². The van der Waals surface area contributed by atoms with Crippen molar-refractivity contribution < 1.29 is 14.6 Å². The normalized spacial score (nSPS) is 10.3. The maximum absolute atomic E-state index is 11.0. The Kier molecular flexibility index (Phi) is 3.32. The Morgan fingerprint density at radius 1 is 1.44 bits per heavy atom. The fourth-order valence-electron chi connectivity index (χ4n) is 1.75. The lowest BCUT2D eigenvalue weighted by molar-refractivity contribution is 0.0693. The van der Waals surface area contributed by atoms with E-state index in [1.165, 1.54) is 7.11 Å². The molecule has 1 heterocycles. The quantitative estimate of drug-likeness (QED) is 0.895. The predicted molar refractivity (Wildman–Crippen MR) is 66.0 cm³/mol. The van der Waals surface area contributed by atoms with Crippen molar-refractivity contribution in [1.29, 1.82) is 0 Å². The topological polar surface area (TPSA) is 64.4 Å². The van der Waals surface area contributed by atoms with Crippen molar-refractivity contribution in [2.45, 2.75) is 13.5 Å². The summed E-state index contributed by atoms with van der Waals surface area (Å²) in [6, 6.07) is 6.97. The third kappa shape index (κ3) is 2.34. The van der Waals surface area contributed by atoms with Crippen LogP contribution < -0.4 is 4.74 Å². The summed E-state index contributed by atoms with van der Waals surface area (Å²) in [4.78, 5) is 11.0. The Labute approximate surface area is 105 Å². The Morgan fingerprint density at radius 3 is 2.78 bits per heavy atom. The number of aromatic carboxylic acids is 1. The smallest absolute Gasteiger partial charge is 0.339 e. The van der Waals surface area contributed by atoms with Crippen molar-refractivity contribution in [3.05, 3.63) is 47.3 Å². The van der Waals surface area contributed by atoms with Gasteiger partial charge in [0.2, 0.25) is 0 Å². The van der Waals surface area contributed by atoms with Crippen molar-refractivity contribution in [3.8, 4) is 5.75 Å². The van der Waals surface area contributed by atoms with Crippen LogP contribution in [-0.2, 0) is 6.54 Å². The number of rotatable bonds is 4. The first-order valence-corrected chi connectivity index (χ1v) is 5.50. The number of carboxylic acid groups (broad SMARTS) is 1. The zero-order valence-corrected chi connectivity index (χ0v) is 10.3. The van der Waals surface area contributed by atoms with Gasteiger partial charge in [0.25, 0.3) is 0 Å². The molecule has 2 rings (SSSR count). The van der Waals surface area contributed by atoms with Crippen molar-refractivity contribution >= 4 is 5.97 Å². The number of aromatic nitrogens is 2. The second-order valence-corrected chi connectivity index (χ2v) is 3.97. The fraction of sp³-hybridized carbons (Fsp3) is 0.231. The number of carboxylic acids is 1. The predicted octanol–water partition coefficient (Wildman–Crippen LogP) is 1.95. The van der Waals surface area contributed by atoms with Crippen LogP contribution in [0.1, 0.15) is 21.6 Å². The van der Waals surface area contributed by atoms with Crippen LogP contribution >= 0.6 is 0 Å². The third-order valence-electron chi connectivity index (χ3n) is 2.76. The molecular weight excluding hydrogens is 232 g/mol. The van der Waals surface area contributed by atoms with E-state index in [1.54, 1.807) is 24.4 Å². The van der Waals surface area contributed by atoms with E-state index in [0.717, 1.165) is 11.3 Å². The minimum Gasteiger partial charge on any atom is -0.496 e. The van der Waals surface area contributed by atoms with Crippen LogP contribution in [0.25, 0.3) is 0 Å². The van der Waals surface area contributed by atoms with E-state index in [9.17, 15) is 4.79 Å². The van der Waals surface area contributed by atoms with Gasteiger partial charge < -0.3 is 9.84 Å². The molecule has 94 valence electrons. The Bertz CT molecular complexity index is 575. The van der Waals surface area contributed by atoms with Gasteiger partial charge in [-0.1, -0.05) is 6.07 Å². The molecule has 0 spiro atoms. The highest BCUT2D eigenvalue weighted by atomic mass is 16.5. The van der Waals surface area contributed by atoms with Gasteiger partial charge >= 0.3 is 5.97 Å². The maximum atomic E-state index is 11.0. The molecule has 0 saturated carbocycles. The highest BCUT2D eigenvalue weighted by Gasteiger charge is 2.11. The van der Waals surface area contributed by atoms with Gasteiger partial charge in [0.05, 0.1) is 13.7 Å². The molecule has 0 amide bonds. The van der Waals surface area contributed by atoms with Gasteiger partial charge in [-0.3, -0.25) is 4.68 Å². The lowest BCUT2D eigenvalue weighted by atomic mass is 10.1. The molecule has 0 saturated heterocycles. The molecule has 1 aromatic heterocycles. The number of methoxy groups -OCH3 is 1. The minimum absolute atomic E-state index is 0.165. The number of benzene rings is 1. The van der Waals surface area contributed by atoms with Gasteiger partial charge in [0, 0.05) is 11.9 Å². The molecule has 0 radical (unpaired) electrons. The number of aryl methyl sites for hydroxylation is 1. The maximum Gasteiger partial charge on any atom is 0.339 e. The van der Waals surface area contributed by atoms with Crippen LogP contribution in [0.5, 0.6) is 5.75 Å². The standard InChI is InChI=1S/C13H14N2O3/c1-9-5-6-14-15(9)8-10-3-4-11(13(16)17)12(7-10)18-2/h3-7H,8H2,1-2H3,(H,16,17). The molecule has 0 atom stereocenters. The van der Waals surface area contributed by atoms with E-state index in [0.29, 0.717) is 12.3 Å². The van der Waals surface area contributed by atoms with Crippen LogP contribution in [0, 0.1) is 6.92 Å². The summed E-state index contributed by atoms with van der Waals surface area (Å²) >= 11 is 0. The van der Waals surface area contributed by atoms with E-state index in [2.05, 4.69) is 5.10 Å². The van der Waals surface area contributed by atoms with Crippen LogP contribution in [0.2, 0.25) is 0 Å². The molecule has 5 heteroatoms. The van der Waals surface area contributed by atoms with Gasteiger partial charge in [-0.2, -0.15) is 5.10 Å². The molecule has 0 aliphatic carbocycles. The first-order chi connectivity index (χ1) is 8.61. The number of nitrogens with zero attached hydrogens (tertiary/aromatic N) is 2. The van der Waals surface area contributed by atoms with Gasteiger partial charge in [-0.15, -0.1) is 0 Å². The summed E-state index contributed by atoms with van der Waals surface area (Å²) in [5.41, 5.74) is 2.17. The van der Waals surface area contributed by atoms with Crippen LogP contribution in [0.3, 0.4) is 0 Å². The Balaban J connectivity index is 2.30. The van der Waals surface area contributed by atoms with E-state index in [1.807, 2.05) is 17.7 Å². The molecule has 0 aliphatic rings. The lowest BCUT2D eigenvalue weighted by Gasteiger charge is -2.09. The summed E-state index contributed by atoms with van der Waals surface area (Å²) in [5, 5.41) is 13.2. The monoisotopic (exact) mass is 246 g/mol. The van der Waals surface area contributed by atoms with Gasteiger partial charge in [-0.05, 0) is 30.7 Å². The molecule has 1 aromatic carbocycles. The Morgan fingerprint density at radius 2 is 2.22 bits per heavy atom. The molecule has 0 bridgehead atoms. The van der Waals surface area contributed by atoms with E-state index in [-0.39, 0.29) is 5.56 Å². The van der Waals surface area contributed by atoms with Gasteiger partial charge in [-0.25, -0.2) is 4.79 Å². The molecular formula is C13H14N2O3. The number of hydrogen-bond donors (Lipinski definition) is 1. The summed E-state index contributed by atoms with van der Waals surface area (Å²) in [6.45, 7) is 2.56. The second kappa shape index (κ2) is 4.91. The molecule has 1 N–H and O–H groups in total. The highest BCUT2D eigenvalue weighted by Crippen LogP contribution is 2.20. The van der Waals surface area contributed by atoms with E-state index in [4.69, 9.17) is 9.84 Å². The van der Waals surface area contributed by atoms with Crippen molar-refractivity contribution in [2.24, 2.45) is 0 Å². The third-order valence-corrected chi connectivity index (χ3v) is 2.76. The summed E-state index contributed by atoms with van der Waals surface area (Å²) in [5.74, 6) is -0.626. The zero-order chi connectivity index (χ0) is 13.1. The van der Waals surface area contributed by atoms with Crippen molar-refractivity contribution in [3.63, 3.8) is 0 Å². The first-order valence-electron chi connectivity index (χ1n) is 5.50. The Hall–Kier alpha value is -2.30. The van der Waals surface area contributed by atoms with E-state index >= 15 is 0 Å². The SMILES string of the molecule is COc1cc(Cn2nccc2C)ccc1C(=O)O. The lowest BCUT2D eigenvalue weighted by Crippen LogP contribution is -2.06. The average molecular weight is 246 g/mol. The highest BCUT2D eigenvalue weighted by molar-refractivity contribution is 5.90. The van der Waals surface area contributed by atoms with Crippen LogP contribution in [0.4, 0.5) is 0 Å². The fourth-order valence-corrected chi connectivity index (χ4v) is 1.75. The molecule has 0 aliphatic heterocycles. The zero-order valence-electron chi connectivity index (χ0n) is 10.3. The van der Waals surface area contributed by atoms with Gasteiger partial charge in [0.15, 0.2) is 0 Å². The number of hydrogen-bond acceptors (Lipinski definition) is 3. The van der Waals surface area contributed by atoms with Crippen LogP contribution in [0.15, 0.2) is 30.5 Å². The van der Waals surface area contributed by atoms with Gasteiger partial charge in [0.1, 0.15) is 11.3 Å². The molecule has 0 unspecified atom stereocenters. The number of ether oxygens (including phenoxy) is 1. The first kappa shape index (κ1) is 12.2.